The molecule has 122 valence electrons. The minimum Gasteiger partial charge on any atom is -0.494 e. The number of ether oxygens (including phenoxy) is 1. The molecule has 5 heteroatoms. The van der Waals surface area contributed by atoms with Crippen LogP contribution in [0.5, 0.6) is 5.75 Å². The van der Waals surface area contributed by atoms with E-state index in [1.54, 1.807) is 25.1 Å². The molecule has 1 N–H and O–H groups in total. The molecule has 2 aromatic carbocycles. The Bertz CT molecular complexity index is 703. The summed E-state index contributed by atoms with van der Waals surface area (Å²) in [5.41, 5.74) is 2.28. The molecule has 0 heterocycles. The molecule has 3 nitrogen and oxygen atoms in total. The van der Waals surface area contributed by atoms with Crippen LogP contribution >= 0.6 is 11.6 Å². The van der Waals surface area contributed by atoms with E-state index >= 15 is 0 Å². The summed E-state index contributed by atoms with van der Waals surface area (Å²) in [6.07, 6.45) is 0.928. The van der Waals surface area contributed by atoms with E-state index in [1.807, 2.05) is 13.0 Å². The second-order valence-electron chi connectivity index (χ2n) is 5.37. The highest BCUT2D eigenvalue weighted by molar-refractivity contribution is 6.31. The standard InChI is InChI=1S/C18H19ClFNO2/c1-12-11-15(6-7-16(12)19)23-9-3-4-18(22)21-17-8-5-14(20)10-13(17)2/h5-8,10-11H,3-4,9H2,1-2H3,(H,21,22). The van der Waals surface area contributed by atoms with Crippen LogP contribution in [-0.2, 0) is 4.79 Å². The van der Waals surface area contributed by atoms with Crippen molar-refractivity contribution in [3.63, 3.8) is 0 Å². The molecule has 0 aliphatic carbocycles. The van der Waals surface area contributed by atoms with E-state index in [2.05, 4.69) is 5.32 Å². The average Bonchev–Trinajstić information content (AvgIpc) is 2.50. The number of aryl methyl sites for hydroxylation is 2. The van der Waals surface area contributed by atoms with Crippen LogP contribution in [0.2, 0.25) is 5.02 Å². The number of benzene rings is 2. The van der Waals surface area contributed by atoms with Gasteiger partial charge >= 0.3 is 0 Å². The summed E-state index contributed by atoms with van der Waals surface area (Å²) in [5.74, 6) is 0.310. The summed E-state index contributed by atoms with van der Waals surface area (Å²) >= 11 is 5.95. The number of hydrogen-bond acceptors (Lipinski definition) is 2. The Morgan fingerprint density at radius 3 is 2.65 bits per heavy atom. The van der Waals surface area contributed by atoms with Crippen molar-refractivity contribution in [1.82, 2.24) is 0 Å². The Kier molecular flexibility index (Phi) is 5.99. The maximum absolute atomic E-state index is 13.0. The van der Waals surface area contributed by atoms with Crippen molar-refractivity contribution in [3.05, 3.63) is 58.4 Å². The number of halogens is 2. The predicted octanol–water partition coefficient (Wildman–Crippen LogP) is 4.89. The minimum atomic E-state index is -0.313. The van der Waals surface area contributed by atoms with Gasteiger partial charge in [-0.25, -0.2) is 4.39 Å². The van der Waals surface area contributed by atoms with Gasteiger partial charge in [-0.1, -0.05) is 11.6 Å². The monoisotopic (exact) mass is 335 g/mol. The molecule has 23 heavy (non-hydrogen) atoms. The topological polar surface area (TPSA) is 38.3 Å². The van der Waals surface area contributed by atoms with Crippen molar-refractivity contribution in [2.75, 3.05) is 11.9 Å². The largest absolute Gasteiger partial charge is 0.494 e. The number of hydrogen-bond donors (Lipinski definition) is 1. The summed E-state index contributed by atoms with van der Waals surface area (Å²) < 4.78 is 18.6. The van der Waals surface area contributed by atoms with Gasteiger partial charge in [0.05, 0.1) is 6.61 Å². The summed E-state index contributed by atoms with van der Waals surface area (Å²) in [5, 5.41) is 3.47. The molecule has 0 radical (unpaired) electrons. The first-order valence-electron chi connectivity index (χ1n) is 7.40. The molecule has 0 spiro atoms. The molecule has 0 fully saturated rings. The van der Waals surface area contributed by atoms with Crippen LogP contribution in [0.1, 0.15) is 24.0 Å². The van der Waals surface area contributed by atoms with E-state index in [9.17, 15) is 9.18 Å². The molecule has 2 rings (SSSR count). The normalized spacial score (nSPS) is 10.4. The van der Waals surface area contributed by atoms with Gasteiger partial charge in [0.25, 0.3) is 0 Å². The first-order chi connectivity index (χ1) is 11.0. The van der Waals surface area contributed by atoms with Crippen LogP contribution in [0.15, 0.2) is 36.4 Å². The summed E-state index contributed by atoms with van der Waals surface area (Å²) in [4.78, 5) is 11.9. The maximum Gasteiger partial charge on any atom is 0.224 e. The second kappa shape index (κ2) is 7.97. The number of rotatable bonds is 6. The molecular formula is C18H19ClFNO2. The highest BCUT2D eigenvalue weighted by Crippen LogP contribution is 2.21. The van der Waals surface area contributed by atoms with E-state index in [0.717, 1.165) is 11.3 Å². The van der Waals surface area contributed by atoms with E-state index < -0.39 is 0 Å². The van der Waals surface area contributed by atoms with E-state index in [4.69, 9.17) is 16.3 Å². The zero-order valence-electron chi connectivity index (χ0n) is 13.2. The number of amides is 1. The van der Waals surface area contributed by atoms with Gasteiger partial charge < -0.3 is 10.1 Å². The molecule has 2 aromatic rings. The molecule has 0 aromatic heterocycles. The molecule has 0 aliphatic rings. The predicted molar refractivity (Wildman–Crippen MR) is 90.7 cm³/mol. The van der Waals surface area contributed by atoms with Crippen molar-refractivity contribution < 1.29 is 13.9 Å². The lowest BCUT2D eigenvalue weighted by molar-refractivity contribution is -0.116. The van der Waals surface area contributed by atoms with Gasteiger partial charge in [0.2, 0.25) is 5.91 Å². The number of nitrogens with one attached hydrogen (secondary N) is 1. The molecule has 0 bridgehead atoms. The van der Waals surface area contributed by atoms with Gasteiger partial charge in [0, 0.05) is 17.1 Å². The molecular weight excluding hydrogens is 317 g/mol. The lowest BCUT2D eigenvalue weighted by atomic mass is 10.2. The van der Waals surface area contributed by atoms with Gasteiger partial charge in [0.15, 0.2) is 0 Å². The Labute approximate surface area is 140 Å². The third-order valence-electron chi connectivity index (χ3n) is 3.41. The van der Waals surface area contributed by atoms with Gasteiger partial charge in [0.1, 0.15) is 11.6 Å². The zero-order valence-corrected chi connectivity index (χ0v) is 13.9. The average molecular weight is 336 g/mol. The molecule has 0 aliphatic heterocycles. The van der Waals surface area contributed by atoms with Crippen LogP contribution in [0, 0.1) is 19.7 Å². The fraction of sp³-hybridized carbons (Fsp3) is 0.278. The molecule has 1 amide bonds. The fourth-order valence-electron chi connectivity index (χ4n) is 2.11. The van der Waals surface area contributed by atoms with Crippen molar-refractivity contribution in [3.8, 4) is 5.75 Å². The van der Waals surface area contributed by atoms with Crippen LogP contribution in [0.25, 0.3) is 0 Å². The van der Waals surface area contributed by atoms with E-state index in [1.165, 1.54) is 12.1 Å². The fourth-order valence-corrected chi connectivity index (χ4v) is 2.23. The lowest BCUT2D eigenvalue weighted by Crippen LogP contribution is -2.13. The van der Waals surface area contributed by atoms with Crippen molar-refractivity contribution in [2.24, 2.45) is 0 Å². The van der Waals surface area contributed by atoms with Gasteiger partial charge in [-0.3, -0.25) is 4.79 Å². The highest BCUT2D eigenvalue weighted by Gasteiger charge is 2.06. The Hall–Kier alpha value is -2.07. The van der Waals surface area contributed by atoms with Crippen LogP contribution in [0.3, 0.4) is 0 Å². The Balaban J connectivity index is 1.75. The van der Waals surface area contributed by atoms with Crippen molar-refractivity contribution in [2.45, 2.75) is 26.7 Å². The smallest absolute Gasteiger partial charge is 0.224 e. The van der Waals surface area contributed by atoms with Gasteiger partial charge in [-0.05, 0) is 67.8 Å². The molecule has 0 saturated heterocycles. The van der Waals surface area contributed by atoms with Gasteiger partial charge in [-0.15, -0.1) is 0 Å². The number of carbonyl (C=O) groups excluding carboxylic acids is 1. The second-order valence-corrected chi connectivity index (χ2v) is 5.78. The third-order valence-corrected chi connectivity index (χ3v) is 3.83. The number of carbonyl (C=O) groups is 1. The SMILES string of the molecule is Cc1cc(OCCCC(=O)Nc2ccc(F)cc2C)ccc1Cl. The number of anilines is 1. The molecule has 0 saturated carbocycles. The lowest BCUT2D eigenvalue weighted by Gasteiger charge is -2.09. The highest BCUT2D eigenvalue weighted by atomic mass is 35.5. The van der Waals surface area contributed by atoms with Crippen LogP contribution in [0.4, 0.5) is 10.1 Å². The zero-order chi connectivity index (χ0) is 16.8. The first kappa shape index (κ1) is 17.3. The minimum absolute atomic E-state index is 0.115. The van der Waals surface area contributed by atoms with Crippen LogP contribution in [-0.4, -0.2) is 12.5 Å². The van der Waals surface area contributed by atoms with Crippen molar-refractivity contribution >= 4 is 23.2 Å². The third kappa shape index (κ3) is 5.25. The quantitative estimate of drug-likeness (QED) is 0.763. The Morgan fingerprint density at radius 2 is 1.96 bits per heavy atom. The summed E-state index contributed by atoms with van der Waals surface area (Å²) in [7, 11) is 0. The van der Waals surface area contributed by atoms with Crippen molar-refractivity contribution in [1.29, 1.82) is 0 Å². The molecule has 0 atom stereocenters. The Morgan fingerprint density at radius 1 is 1.17 bits per heavy atom. The maximum atomic E-state index is 13.0. The summed E-state index contributed by atoms with van der Waals surface area (Å²) in [6.45, 7) is 4.11. The van der Waals surface area contributed by atoms with E-state index in [-0.39, 0.29) is 11.7 Å². The first-order valence-corrected chi connectivity index (χ1v) is 7.78. The summed E-state index contributed by atoms with van der Waals surface area (Å²) in [6, 6.07) is 9.74. The van der Waals surface area contributed by atoms with Crippen LogP contribution < -0.4 is 10.1 Å². The van der Waals surface area contributed by atoms with Gasteiger partial charge in [-0.2, -0.15) is 0 Å². The van der Waals surface area contributed by atoms with E-state index in [0.29, 0.717) is 35.7 Å². The molecule has 0 unspecified atom stereocenters.